The highest BCUT2D eigenvalue weighted by Gasteiger charge is 2.39. The second kappa shape index (κ2) is 4.69. The van der Waals surface area contributed by atoms with Gasteiger partial charge in [0.25, 0.3) is 0 Å². The fourth-order valence-corrected chi connectivity index (χ4v) is 3.55. The molecule has 0 radical (unpaired) electrons. The van der Waals surface area contributed by atoms with Crippen molar-refractivity contribution in [1.29, 1.82) is 0 Å². The van der Waals surface area contributed by atoms with E-state index in [1.807, 2.05) is 0 Å². The number of hydrogen-bond donors (Lipinski definition) is 1. The molecule has 3 atom stereocenters. The minimum Gasteiger partial charge on any atom is -0.382 e. The zero-order chi connectivity index (χ0) is 11.7. The predicted octanol–water partition coefficient (Wildman–Crippen LogP) is 3.43. The topological polar surface area (TPSA) is 21.3 Å². The van der Waals surface area contributed by atoms with Crippen molar-refractivity contribution in [2.75, 3.05) is 12.4 Å². The lowest BCUT2D eigenvalue weighted by Gasteiger charge is -2.24. The third-order valence-corrected chi connectivity index (χ3v) is 4.33. The quantitative estimate of drug-likeness (QED) is 0.857. The van der Waals surface area contributed by atoms with Gasteiger partial charge in [0, 0.05) is 18.8 Å². The minimum atomic E-state index is 0.701. The summed E-state index contributed by atoms with van der Waals surface area (Å²) in [7, 11) is 1.75. The number of nitrogens with one attached hydrogen (secondary N) is 1. The zero-order valence-corrected chi connectivity index (χ0v) is 10.5. The molecule has 2 aliphatic rings. The molecule has 1 aromatic rings. The van der Waals surface area contributed by atoms with Gasteiger partial charge >= 0.3 is 0 Å². The third kappa shape index (κ3) is 2.32. The van der Waals surface area contributed by atoms with Gasteiger partial charge in [0.2, 0.25) is 0 Å². The average molecular weight is 231 g/mol. The Morgan fingerprint density at radius 1 is 1.29 bits per heavy atom. The molecular formula is C15H21NO. The van der Waals surface area contributed by atoms with Gasteiger partial charge in [-0.3, -0.25) is 0 Å². The smallest absolute Gasteiger partial charge is 0.0713 e. The Morgan fingerprint density at radius 3 is 2.94 bits per heavy atom. The van der Waals surface area contributed by atoms with Gasteiger partial charge in [0.15, 0.2) is 0 Å². The van der Waals surface area contributed by atoms with E-state index >= 15 is 0 Å². The molecule has 3 unspecified atom stereocenters. The zero-order valence-electron chi connectivity index (χ0n) is 10.5. The van der Waals surface area contributed by atoms with Crippen molar-refractivity contribution in [1.82, 2.24) is 0 Å². The number of methoxy groups -OCH3 is 1. The Balaban J connectivity index is 1.66. The second-order valence-electron chi connectivity index (χ2n) is 5.56. The summed E-state index contributed by atoms with van der Waals surface area (Å²) in [4.78, 5) is 0. The van der Waals surface area contributed by atoms with E-state index in [4.69, 9.17) is 4.74 Å². The minimum absolute atomic E-state index is 0.701. The largest absolute Gasteiger partial charge is 0.382 e. The fraction of sp³-hybridized carbons (Fsp3) is 0.600. The fourth-order valence-electron chi connectivity index (χ4n) is 3.55. The molecule has 3 rings (SSSR count). The number of hydrogen-bond acceptors (Lipinski definition) is 2. The monoisotopic (exact) mass is 231 g/mol. The highest BCUT2D eigenvalue weighted by atomic mass is 16.5. The molecule has 2 nitrogen and oxygen atoms in total. The summed E-state index contributed by atoms with van der Waals surface area (Å²) in [5.41, 5.74) is 2.51. The lowest BCUT2D eigenvalue weighted by molar-refractivity contribution is 0.185. The van der Waals surface area contributed by atoms with Crippen LogP contribution < -0.4 is 5.32 Å². The summed E-state index contributed by atoms with van der Waals surface area (Å²) in [5, 5.41) is 3.72. The summed E-state index contributed by atoms with van der Waals surface area (Å²) in [6, 6.07) is 9.34. The summed E-state index contributed by atoms with van der Waals surface area (Å²) in [5.74, 6) is 1.92. The Labute approximate surface area is 103 Å². The normalized spacial score (nSPS) is 30.8. The molecule has 2 bridgehead atoms. The first-order chi connectivity index (χ1) is 8.35. The van der Waals surface area contributed by atoms with E-state index in [-0.39, 0.29) is 0 Å². The van der Waals surface area contributed by atoms with Gasteiger partial charge in [0.05, 0.1) is 6.61 Å². The van der Waals surface area contributed by atoms with Crippen LogP contribution in [0.2, 0.25) is 0 Å². The van der Waals surface area contributed by atoms with E-state index in [2.05, 4.69) is 29.6 Å². The Hall–Kier alpha value is -1.02. The van der Waals surface area contributed by atoms with Crippen LogP contribution in [0.15, 0.2) is 24.3 Å². The molecule has 2 fully saturated rings. The predicted molar refractivity (Wildman–Crippen MR) is 70.0 cm³/mol. The maximum atomic E-state index is 5.17. The first kappa shape index (κ1) is 11.1. The van der Waals surface area contributed by atoms with Crippen LogP contribution in [0.3, 0.4) is 0 Å². The van der Waals surface area contributed by atoms with Crippen LogP contribution in [0.4, 0.5) is 5.69 Å². The second-order valence-corrected chi connectivity index (χ2v) is 5.56. The van der Waals surface area contributed by atoms with E-state index < -0.39 is 0 Å². The molecule has 2 heteroatoms. The molecule has 2 aliphatic carbocycles. The van der Waals surface area contributed by atoms with Gasteiger partial charge in [0.1, 0.15) is 0 Å². The van der Waals surface area contributed by atoms with Crippen molar-refractivity contribution in [2.45, 2.75) is 38.3 Å². The Kier molecular flexibility index (Phi) is 3.06. The van der Waals surface area contributed by atoms with E-state index in [0.29, 0.717) is 12.6 Å². The van der Waals surface area contributed by atoms with E-state index in [9.17, 15) is 0 Å². The van der Waals surface area contributed by atoms with E-state index in [1.54, 1.807) is 7.11 Å². The molecule has 1 aromatic carbocycles. The summed E-state index contributed by atoms with van der Waals surface area (Å²) < 4.78 is 5.17. The molecule has 2 saturated carbocycles. The highest BCUT2D eigenvalue weighted by Crippen LogP contribution is 2.45. The first-order valence-electron chi connectivity index (χ1n) is 6.69. The molecular weight excluding hydrogens is 210 g/mol. The molecule has 0 spiro atoms. The molecule has 0 amide bonds. The van der Waals surface area contributed by atoms with E-state index in [1.165, 1.54) is 36.9 Å². The lowest BCUT2D eigenvalue weighted by atomic mass is 9.95. The summed E-state index contributed by atoms with van der Waals surface area (Å²) >= 11 is 0. The van der Waals surface area contributed by atoms with Gasteiger partial charge in [-0.2, -0.15) is 0 Å². The third-order valence-electron chi connectivity index (χ3n) is 4.33. The van der Waals surface area contributed by atoms with Gasteiger partial charge in [-0.05, 0) is 48.8 Å². The van der Waals surface area contributed by atoms with Crippen molar-refractivity contribution >= 4 is 5.69 Å². The number of fused-ring (bicyclic) bond motifs is 2. The molecule has 92 valence electrons. The van der Waals surface area contributed by atoms with Crippen LogP contribution in [-0.4, -0.2) is 13.2 Å². The molecule has 17 heavy (non-hydrogen) atoms. The van der Waals surface area contributed by atoms with Crippen LogP contribution in [0.25, 0.3) is 0 Å². The van der Waals surface area contributed by atoms with Crippen molar-refractivity contribution in [3.8, 4) is 0 Å². The molecule has 0 heterocycles. The van der Waals surface area contributed by atoms with Gasteiger partial charge in [-0.1, -0.05) is 18.6 Å². The standard InChI is InChI=1S/C15H21NO/c1-17-10-12-3-2-4-14(8-12)16-15-9-11-5-6-13(15)7-11/h2-4,8,11,13,15-16H,5-7,9-10H2,1H3. The summed E-state index contributed by atoms with van der Waals surface area (Å²) in [6.07, 6.45) is 5.72. The van der Waals surface area contributed by atoms with Crippen molar-refractivity contribution in [3.05, 3.63) is 29.8 Å². The number of anilines is 1. The summed E-state index contributed by atoms with van der Waals surface area (Å²) in [6.45, 7) is 0.701. The van der Waals surface area contributed by atoms with Crippen molar-refractivity contribution in [3.63, 3.8) is 0 Å². The maximum absolute atomic E-state index is 5.17. The van der Waals surface area contributed by atoms with Gasteiger partial charge < -0.3 is 10.1 Å². The van der Waals surface area contributed by atoms with Crippen LogP contribution in [-0.2, 0) is 11.3 Å². The van der Waals surface area contributed by atoms with E-state index in [0.717, 1.165) is 11.8 Å². The van der Waals surface area contributed by atoms with Crippen LogP contribution >= 0.6 is 0 Å². The van der Waals surface area contributed by atoms with Crippen molar-refractivity contribution < 1.29 is 4.74 Å². The van der Waals surface area contributed by atoms with Crippen LogP contribution in [0, 0.1) is 11.8 Å². The SMILES string of the molecule is COCc1cccc(NC2CC3CCC2C3)c1. The van der Waals surface area contributed by atoms with Gasteiger partial charge in [-0.15, -0.1) is 0 Å². The average Bonchev–Trinajstić information content (AvgIpc) is 2.92. The van der Waals surface area contributed by atoms with Crippen LogP contribution in [0.1, 0.15) is 31.2 Å². The molecule has 1 N–H and O–H groups in total. The molecule has 0 aromatic heterocycles. The van der Waals surface area contributed by atoms with Crippen LogP contribution in [0.5, 0.6) is 0 Å². The number of ether oxygens (including phenoxy) is 1. The Bertz CT molecular complexity index is 390. The van der Waals surface area contributed by atoms with Gasteiger partial charge in [-0.25, -0.2) is 0 Å². The molecule has 0 saturated heterocycles. The number of benzene rings is 1. The maximum Gasteiger partial charge on any atom is 0.0713 e. The lowest BCUT2D eigenvalue weighted by Crippen LogP contribution is -2.25. The van der Waals surface area contributed by atoms with Crippen molar-refractivity contribution in [2.24, 2.45) is 11.8 Å². The number of rotatable bonds is 4. The molecule has 0 aliphatic heterocycles. The Morgan fingerprint density at radius 2 is 2.24 bits per heavy atom. The highest BCUT2D eigenvalue weighted by molar-refractivity contribution is 5.47. The first-order valence-corrected chi connectivity index (χ1v) is 6.69.